The number of hydrogen-bond donors (Lipinski definition) is 0. The zero-order chi connectivity index (χ0) is 14.7. The van der Waals surface area contributed by atoms with E-state index in [-0.39, 0.29) is 0 Å². The first kappa shape index (κ1) is 14.6. The zero-order valence-electron chi connectivity index (χ0n) is 13.5. The Morgan fingerprint density at radius 1 is 1.14 bits per heavy atom. The first-order valence-electron chi connectivity index (χ1n) is 8.62. The van der Waals surface area contributed by atoms with Gasteiger partial charge < -0.3 is 9.80 Å². The minimum absolute atomic E-state index is 0.655. The van der Waals surface area contributed by atoms with Crippen LogP contribution < -0.4 is 9.80 Å². The van der Waals surface area contributed by atoms with E-state index in [1.807, 2.05) is 6.20 Å². The molecule has 2 aliphatic heterocycles. The molecule has 0 aromatic carbocycles. The molecule has 1 aromatic heterocycles. The normalized spacial score (nSPS) is 24.4. The second-order valence-corrected chi connectivity index (χ2v) is 6.64. The Labute approximate surface area is 128 Å². The summed E-state index contributed by atoms with van der Waals surface area (Å²) in [6.45, 7) is 7.97. The van der Waals surface area contributed by atoms with Crippen molar-refractivity contribution in [3.63, 3.8) is 0 Å². The Kier molecular flexibility index (Phi) is 4.61. The van der Waals surface area contributed by atoms with Crippen molar-refractivity contribution in [1.82, 2.24) is 9.97 Å². The van der Waals surface area contributed by atoms with Crippen LogP contribution in [0.4, 0.5) is 11.8 Å². The molecule has 116 valence electrons. The molecule has 2 aliphatic rings. The Balaban J connectivity index is 1.76. The number of anilines is 2. The molecule has 3 rings (SSSR count). The van der Waals surface area contributed by atoms with Gasteiger partial charge in [-0.1, -0.05) is 13.8 Å². The summed E-state index contributed by atoms with van der Waals surface area (Å²) in [6.07, 6.45) is 9.62. The molecule has 4 heteroatoms. The maximum Gasteiger partial charge on any atom is 0.227 e. The lowest BCUT2D eigenvalue weighted by molar-refractivity contribution is 0.432. The summed E-state index contributed by atoms with van der Waals surface area (Å²) in [6, 6.07) is 2.74. The van der Waals surface area contributed by atoms with Crippen LogP contribution in [0.3, 0.4) is 0 Å². The zero-order valence-corrected chi connectivity index (χ0v) is 13.5. The summed E-state index contributed by atoms with van der Waals surface area (Å²) in [7, 11) is 0. The summed E-state index contributed by atoms with van der Waals surface area (Å²) in [5.74, 6) is 2.90. The fourth-order valence-electron chi connectivity index (χ4n) is 3.59. The molecular formula is C17H28N4. The summed E-state index contributed by atoms with van der Waals surface area (Å²) >= 11 is 0. The van der Waals surface area contributed by atoms with Gasteiger partial charge in [-0.3, -0.25) is 0 Å². The van der Waals surface area contributed by atoms with Crippen LogP contribution in [-0.4, -0.2) is 35.6 Å². The molecule has 0 saturated carbocycles. The van der Waals surface area contributed by atoms with Crippen LogP contribution >= 0.6 is 0 Å². The molecule has 2 fully saturated rings. The van der Waals surface area contributed by atoms with Gasteiger partial charge in [-0.05, 0) is 50.5 Å². The molecule has 1 unspecified atom stereocenters. The predicted octanol–water partition coefficient (Wildman–Crippen LogP) is 3.48. The average molecular weight is 288 g/mol. The largest absolute Gasteiger partial charge is 0.353 e. The minimum atomic E-state index is 0.655. The summed E-state index contributed by atoms with van der Waals surface area (Å²) < 4.78 is 0. The lowest BCUT2D eigenvalue weighted by Crippen LogP contribution is -2.40. The number of hydrogen-bond acceptors (Lipinski definition) is 4. The van der Waals surface area contributed by atoms with Crippen LogP contribution in [0.2, 0.25) is 0 Å². The highest BCUT2D eigenvalue weighted by molar-refractivity contribution is 5.45. The van der Waals surface area contributed by atoms with Gasteiger partial charge in [0.05, 0.1) is 0 Å². The van der Waals surface area contributed by atoms with Gasteiger partial charge in [0.15, 0.2) is 0 Å². The molecule has 3 heterocycles. The maximum atomic E-state index is 4.88. The van der Waals surface area contributed by atoms with Crippen LogP contribution in [0, 0.1) is 5.92 Å². The highest BCUT2D eigenvalue weighted by atomic mass is 15.3. The van der Waals surface area contributed by atoms with Crippen molar-refractivity contribution in [2.45, 2.75) is 58.4 Å². The topological polar surface area (TPSA) is 32.3 Å². The molecule has 1 aromatic rings. The second kappa shape index (κ2) is 6.63. The monoisotopic (exact) mass is 288 g/mol. The Hall–Kier alpha value is -1.32. The molecule has 0 aliphatic carbocycles. The number of piperidine rings is 2. The van der Waals surface area contributed by atoms with Gasteiger partial charge in [0.25, 0.3) is 0 Å². The highest BCUT2D eigenvalue weighted by Gasteiger charge is 2.23. The molecule has 0 N–H and O–H groups in total. The Morgan fingerprint density at radius 2 is 1.95 bits per heavy atom. The van der Waals surface area contributed by atoms with Crippen molar-refractivity contribution < 1.29 is 0 Å². The van der Waals surface area contributed by atoms with Crippen molar-refractivity contribution in [2.75, 3.05) is 29.4 Å². The third-order valence-electron chi connectivity index (χ3n) is 5.09. The van der Waals surface area contributed by atoms with Gasteiger partial charge in [-0.15, -0.1) is 0 Å². The standard InChI is InChI=1S/C17H28N4/c1-3-15-6-4-5-11-21(15)16-7-10-18-17(19-16)20-12-8-14(2)9-13-20/h7,10,14-15H,3-6,8-9,11-13H2,1-2H3. The minimum Gasteiger partial charge on any atom is -0.353 e. The second-order valence-electron chi connectivity index (χ2n) is 6.64. The smallest absolute Gasteiger partial charge is 0.227 e. The van der Waals surface area contributed by atoms with Crippen molar-refractivity contribution in [2.24, 2.45) is 5.92 Å². The van der Waals surface area contributed by atoms with Gasteiger partial charge in [-0.2, -0.15) is 4.98 Å². The SMILES string of the molecule is CCC1CCCCN1c1ccnc(N2CCC(C)CC2)n1. The first-order chi connectivity index (χ1) is 10.3. The van der Waals surface area contributed by atoms with Crippen LogP contribution in [0.1, 0.15) is 52.4 Å². The third-order valence-corrected chi connectivity index (χ3v) is 5.09. The lowest BCUT2D eigenvalue weighted by Gasteiger charge is -2.37. The molecule has 1 atom stereocenters. The fourth-order valence-corrected chi connectivity index (χ4v) is 3.59. The van der Waals surface area contributed by atoms with Gasteiger partial charge in [-0.25, -0.2) is 4.98 Å². The maximum absolute atomic E-state index is 4.88. The number of nitrogens with zero attached hydrogens (tertiary/aromatic N) is 4. The quantitative estimate of drug-likeness (QED) is 0.852. The van der Waals surface area contributed by atoms with Gasteiger partial charge in [0.2, 0.25) is 5.95 Å². The molecule has 0 bridgehead atoms. The third kappa shape index (κ3) is 3.30. The fraction of sp³-hybridized carbons (Fsp3) is 0.765. The van der Waals surface area contributed by atoms with E-state index in [1.165, 1.54) is 38.5 Å². The van der Waals surface area contributed by atoms with Crippen molar-refractivity contribution in [3.8, 4) is 0 Å². The van der Waals surface area contributed by atoms with E-state index in [1.54, 1.807) is 0 Å². The highest BCUT2D eigenvalue weighted by Crippen LogP contribution is 2.27. The van der Waals surface area contributed by atoms with E-state index in [2.05, 4.69) is 34.7 Å². The molecule has 0 amide bonds. The van der Waals surface area contributed by atoms with Gasteiger partial charge in [0.1, 0.15) is 5.82 Å². The van der Waals surface area contributed by atoms with E-state index in [0.717, 1.165) is 37.3 Å². The lowest BCUT2D eigenvalue weighted by atomic mass is 9.99. The molecule has 2 saturated heterocycles. The molecule has 0 spiro atoms. The average Bonchev–Trinajstić information content (AvgIpc) is 2.55. The summed E-state index contributed by atoms with van der Waals surface area (Å²) in [5.41, 5.74) is 0. The van der Waals surface area contributed by atoms with Crippen LogP contribution in [0.15, 0.2) is 12.3 Å². The van der Waals surface area contributed by atoms with Crippen molar-refractivity contribution in [3.05, 3.63) is 12.3 Å². The molecule has 0 radical (unpaired) electrons. The van der Waals surface area contributed by atoms with E-state index in [9.17, 15) is 0 Å². The van der Waals surface area contributed by atoms with Gasteiger partial charge in [0, 0.05) is 31.9 Å². The molecular weight excluding hydrogens is 260 g/mol. The van der Waals surface area contributed by atoms with Gasteiger partial charge >= 0.3 is 0 Å². The van der Waals surface area contributed by atoms with Crippen molar-refractivity contribution >= 4 is 11.8 Å². The molecule has 4 nitrogen and oxygen atoms in total. The van der Waals surface area contributed by atoms with Crippen LogP contribution in [0.25, 0.3) is 0 Å². The summed E-state index contributed by atoms with van der Waals surface area (Å²) in [4.78, 5) is 14.3. The van der Waals surface area contributed by atoms with E-state index in [4.69, 9.17) is 4.98 Å². The number of rotatable bonds is 3. The van der Waals surface area contributed by atoms with Crippen LogP contribution in [-0.2, 0) is 0 Å². The Bertz CT molecular complexity index is 454. The predicted molar refractivity (Wildman–Crippen MR) is 87.9 cm³/mol. The molecule has 21 heavy (non-hydrogen) atoms. The van der Waals surface area contributed by atoms with E-state index in [0.29, 0.717) is 6.04 Å². The summed E-state index contributed by atoms with van der Waals surface area (Å²) in [5, 5.41) is 0. The van der Waals surface area contributed by atoms with Crippen LogP contribution in [0.5, 0.6) is 0 Å². The first-order valence-corrected chi connectivity index (χ1v) is 8.62. The Morgan fingerprint density at radius 3 is 2.71 bits per heavy atom. The van der Waals surface area contributed by atoms with E-state index < -0.39 is 0 Å². The number of aromatic nitrogens is 2. The van der Waals surface area contributed by atoms with Crippen molar-refractivity contribution in [1.29, 1.82) is 0 Å². The van der Waals surface area contributed by atoms with E-state index >= 15 is 0 Å².